The predicted octanol–water partition coefficient (Wildman–Crippen LogP) is 3.70. The van der Waals surface area contributed by atoms with E-state index >= 15 is 0 Å². The fraction of sp³-hybridized carbons (Fsp3) is 0.429. The number of aromatic amines is 1. The first-order valence-corrected chi connectivity index (χ1v) is 11.0. The Morgan fingerprint density at radius 2 is 2.10 bits per heavy atom. The number of nitrogens with zero attached hydrogens (tertiary/aromatic N) is 4. The quantitative estimate of drug-likeness (QED) is 0.491. The third-order valence-electron chi connectivity index (χ3n) is 5.55. The number of ketones is 1. The molecule has 164 valence electrons. The van der Waals surface area contributed by atoms with E-state index in [1.54, 1.807) is 31.3 Å². The van der Waals surface area contributed by atoms with E-state index < -0.39 is 12.1 Å². The van der Waals surface area contributed by atoms with Gasteiger partial charge < -0.3 is 15.3 Å². The van der Waals surface area contributed by atoms with Crippen LogP contribution in [0, 0.1) is 5.92 Å². The smallest absolute Gasteiger partial charge is 0.160 e. The molecule has 0 aliphatic carbocycles. The number of nitrogens with one attached hydrogen (secondary N) is 2. The van der Waals surface area contributed by atoms with E-state index in [2.05, 4.69) is 30.4 Å². The summed E-state index contributed by atoms with van der Waals surface area (Å²) in [5.41, 5.74) is 1.30. The number of halogens is 2. The Balaban J connectivity index is 1.45. The van der Waals surface area contributed by atoms with Gasteiger partial charge in [0, 0.05) is 35.2 Å². The third kappa shape index (κ3) is 5.08. The van der Waals surface area contributed by atoms with E-state index in [-0.39, 0.29) is 11.7 Å². The van der Waals surface area contributed by atoms with Crippen LogP contribution in [0.4, 0.5) is 11.5 Å². The molecule has 0 radical (unpaired) electrons. The molecule has 8 nitrogen and oxygen atoms in total. The van der Waals surface area contributed by atoms with Crippen molar-refractivity contribution in [2.45, 2.75) is 38.3 Å². The highest BCUT2D eigenvalue weighted by Gasteiger charge is 2.29. The van der Waals surface area contributed by atoms with Crippen molar-refractivity contribution in [1.82, 2.24) is 20.2 Å². The molecular weight excluding hydrogens is 439 g/mol. The normalized spacial score (nSPS) is 18.7. The SMILES string of the molecule is C[C@@H](O)[C@@H](Nc1cc(Cl)cc(Cl)c1)C(=O)C[C@@H]1CCCN(c2ncnc3[nH]ncc23)C1. The number of rotatable bonds is 7. The molecule has 0 spiro atoms. The number of carbonyl (C=O) groups excluding carboxylic acids is 1. The number of carbonyl (C=O) groups is 1. The van der Waals surface area contributed by atoms with Crippen LogP contribution in [0.1, 0.15) is 26.2 Å². The molecule has 0 saturated carbocycles. The zero-order chi connectivity index (χ0) is 22.0. The van der Waals surface area contributed by atoms with Gasteiger partial charge in [0.25, 0.3) is 0 Å². The van der Waals surface area contributed by atoms with Crippen LogP contribution in [-0.4, -0.2) is 56.3 Å². The summed E-state index contributed by atoms with van der Waals surface area (Å²) in [6.45, 7) is 3.17. The molecule has 0 unspecified atom stereocenters. The fourth-order valence-corrected chi connectivity index (χ4v) is 4.65. The molecular formula is C21H24Cl2N6O2. The molecule has 10 heteroatoms. The van der Waals surface area contributed by atoms with Gasteiger partial charge in [-0.05, 0) is 43.9 Å². The molecule has 3 heterocycles. The second-order valence-corrected chi connectivity index (χ2v) is 8.85. The first-order chi connectivity index (χ1) is 14.9. The summed E-state index contributed by atoms with van der Waals surface area (Å²) in [5, 5.41) is 22.1. The van der Waals surface area contributed by atoms with Gasteiger partial charge in [-0.2, -0.15) is 5.10 Å². The number of hydrogen-bond donors (Lipinski definition) is 3. The molecule has 3 aromatic rings. The van der Waals surface area contributed by atoms with Crippen molar-refractivity contribution < 1.29 is 9.90 Å². The van der Waals surface area contributed by atoms with Crippen LogP contribution in [0.15, 0.2) is 30.7 Å². The largest absolute Gasteiger partial charge is 0.391 e. The van der Waals surface area contributed by atoms with Gasteiger partial charge in [0.15, 0.2) is 11.4 Å². The standard InChI is InChI=1S/C21H24Cl2N6O2/c1-12(30)19(27-16-7-14(22)6-15(23)8-16)18(31)5-13-3-2-4-29(10-13)21-17-9-26-28-20(17)24-11-25-21/h6-9,11-13,19,27,30H,2-5,10H2,1H3,(H,24,25,26,28)/t12-,13+,19-/m1/s1. The van der Waals surface area contributed by atoms with Crippen molar-refractivity contribution in [2.24, 2.45) is 5.92 Å². The number of Topliss-reactive ketones (excluding diaryl/α,β-unsaturated/α-hetero) is 1. The Morgan fingerprint density at radius 3 is 2.84 bits per heavy atom. The lowest BCUT2D eigenvalue weighted by Crippen LogP contribution is -2.42. The molecule has 4 rings (SSSR count). The Hall–Kier alpha value is -2.42. The highest BCUT2D eigenvalue weighted by Crippen LogP contribution is 2.29. The second-order valence-electron chi connectivity index (χ2n) is 7.98. The first-order valence-electron chi connectivity index (χ1n) is 10.2. The van der Waals surface area contributed by atoms with Gasteiger partial charge >= 0.3 is 0 Å². The van der Waals surface area contributed by atoms with Crippen LogP contribution in [0.25, 0.3) is 11.0 Å². The number of aliphatic hydroxyl groups is 1. The molecule has 1 fully saturated rings. The molecule has 3 atom stereocenters. The van der Waals surface area contributed by atoms with Gasteiger partial charge in [-0.1, -0.05) is 23.2 Å². The molecule has 3 N–H and O–H groups in total. The maximum atomic E-state index is 13.1. The van der Waals surface area contributed by atoms with Crippen LogP contribution < -0.4 is 10.2 Å². The summed E-state index contributed by atoms with van der Waals surface area (Å²) in [4.78, 5) is 23.9. The number of hydrogen-bond acceptors (Lipinski definition) is 7. The van der Waals surface area contributed by atoms with Gasteiger partial charge in [0.1, 0.15) is 18.2 Å². The van der Waals surface area contributed by atoms with Crippen LogP contribution >= 0.6 is 23.2 Å². The maximum absolute atomic E-state index is 13.1. The molecule has 2 aromatic heterocycles. The summed E-state index contributed by atoms with van der Waals surface area (Å²) in [6, 6.07) is 4.24. The topological polar surface area (TPSA) is 107 Å². The first kappa shape index (κ1) is 21.8. The maximum Gasteiger partial charge on any atom is 0.160 e. The minimum absolute atomic E-state index is 0.0471. The zero-order valence-electron chi connectivity index (χ0n) is 17.1. The van der Waals surface area contributed by atoms with Crippen LogP contribution in [-0.2, 0) is 4.79 Å². The van der Waals surface area contributed by atoms with Crippen molar-refractivity contribution >= 4 is 51.5 Å². The van der Waals surface area contributed by atoms with Crippen molar-refractivity contribution in [3.63, 3.8) is 0 Å². The van der Waals surface area contributed by atoms with Gasteiger partial charge in [-0.3, -0.25) is 9.89 Å². The molecule has 0 amide bonds. The summed E-state index contributed by atoms with van der Waals surface area (Å²) < 4.78 is 0. The molecule has 31 heavy (non-hydrogen) atoms. The van der Waals surface area contributed by atoms with Crippen LogP contribution in [0.2, 0.25) is 10.0 Å². The van der Waals surface area contributed by atoms with E-state index in [1.807, 2.05) is 0 Å². The van der Waals surface area contributed by atoms with Crippen molar-refractivity contribution in [3.05, 3.63) is 40.8 Å². The lowest BCUT2D eigenvalue weighted by atomic mass is 9.89. The number of aliphatic hydroxyl groups excluding tert-OH is 1. The molecule has 0 bridgehead atoms. The van der Waals surface area contributed by atoms with Gasteiger partial charge in [-0.15, -0.1) is 0 Å². The summed E-state index contributed by atoms with van der Waals surface area (Å²) in [7, 11) is 0. The van der Waals surface area contributed by atoms with Crippen LogP contribution in [0.3, 0.4) is 0 Å². The number of H-pyrrole nitrogens is 1. The Bertz CT molecular complexity index is 1050. The van der Waals surface area contributed by atoms with Crippen molar-refractivity contribution in [2.75, 3.05) is 23.3 Å². The summed E-state index contributed by atoms with van der Waals surface area (Å²) in [5.74, 6) is 0.938. The van der Waals surface area contributed by atoms with Crippen molar-refractivity contribution in [1.29, 1.82) is 0 Å². The van der Waals surface area contributed by atoms with E-state index in [1.165, 1.54) is 6.33 Å². The van der Waals surface area contributed by atoms with E-state index in [9.17, 15) is 9.90 Å². The number of piperidine rings is 1. The van der Waals surface area contributed by atoms with Gasteiger partial charge in [0.2, 0.25) is 0 Å². The Kier molecular flexibility index (Phi) is 6.60. The summed E-state index contributed by atoms with van der Waals surface area (Å²) in [6.07, 6.45) is 4.64. The van der Waals surface area contributed by atoms with Gasteiger partial charge in [0.05, 0.1) is 17.7 Å². The number of fused-ring (bicyclic) bond motifs is 1. The predicted molar refractivity (Wildman–Crippen MR) is 122 cm³/mol. The van der Waals surface area contributed by atoms with E-state index in [0.29, 0.717) is 34.3 Å². The monoisotopic (exact) mass is 462 g/mol. The fourth-order valence-electron chi connectivity index (χ4n) is 4.13. The second kappa shape index (κ2) is 9.38. The van der Waals surface area contributed by atoms with Gasteiger partial charge in [-0.25, -0.2) is 9.97 Å². The summed E-state index contributed by atoms with van der Waals surface area (Å²) >= 11 is 12.1. The molecule has 1 aliphatic heterocycles. The number of aromatic nitrogens is 4. The van der Waals surface area contributed by atoms with Crippen molar-refractivity contribution in [3.8, 4) is 0 Å². The number of benzene rings is 1. The third-order valence-corrected chi connectivity index (χ3v) is 5.99. The lowest BCUT2D eigenvalue weighted by Gasteiger charge is -2.34. The average Bonchev–Trinajstić information content (AvgIpc) is 3.20. The van der Waals surface area contributed by atoms with E-state index in [4.69, 9.17) is 23.2 Å². The molecule has 1 aromatic carbocycles. The highest BCUT2D eigenvalue weighted by atomic mass is 35.5. The average molecular weight is 463 g/mol. The Morgan fingerprint density at radius 1 is 1.32 bits per heavy atom. The minimum Gasteiger partial charge on any atom is -0.391 e. The number of anilines is 2. The molecule has 1 saturated heterocycles. The minimum atomic E-state index is -0.864. The lowest BCUT2D eigenvalue weighted by molar-refractivity contribution is -0.122. The highest BCUT2D eigenvalue weighted by molar-refractivity contribution is 6.35. The molecule has 1 aliphatic rings. The Labute approximate surface area is 190 Å². The van der Waals surface area contributed by atoms with Crippen LogP contribution in [0.5, 0.6) is 0 Å². The van der Waals surface area contributed by atoms with E-state index in [0.717, 1.165) is 30.6 Å². The zero-order valence-corrected chi connectivity index (χ0v) is 18.6.